The van der Waals surface area contributed by atoms with Crippen LogP contribution in [-0.2, 0) is 6.54 Å². The van der Waals surface area contributed by atoms with Crippen molar-refractivity contribution in [2.75, 3.05) is 19.0 Å². The third-order valence-corrected chi connectivity index (χ3v) is 2.95. The van der Waals surface area contributed by atoms with Crippen LogP contribution in [0.2, 0.25) is 0 Å². The first-order valence-electron chi connectivity index (χ1n) is 5.82. The summed E-state index contributed by atoms with van der Waals surface area (Å²) in [6.45, 7) is 5.02. The molecule has 1 fully saturated rings. The van der Waals surface area contributed by atoms with Gasteiger partial charge in [-0.25, -0.2) is 9.97 Å². The minimum absolute atomic E-state index is 0.729. The first kappa shape index (κ1) is 11.3. The molecule has 88 valence electrons. The Balaban J connectivity index is 2.16. The lowest BCUT2D eigenvalue weighted by atomic mass is 10.1. The molecule has 0 bridgehead atoms. The Morgan fingerprint density at radius 2 is 1.75 bits per heavy atom. The summed E-state index contributed by atoms with van der Waals surface area (Å²) in [5.41, 5.74) is 3.42. The monoisotopic (exact) mass is 220 g/mol. The van der Waals surface area contributed by atoms with Crippen molar-refractivity contribution < 1.29 is 0 Å². The second-order valence-electron chi connectivity index (χ2n) is 4.72. The predicted octanol–water partition coefficient (Wildman–Crippen LogP) is 1.41. The molecule has 4 nitrogen and oxygen atoms in total. The largest absolute Gasteiger partial charge is 0.347 e. The summed E-state index contributed by atoms with van der Waals surface area (Å²) in [6.07, 6.45) is 2.63. The highest BCUT2D eigenvalue weighted by molar-refractivity contribution is 5.35. The average molecular weight is 220 g/mol. The molecule has 1 heterocycles. The highest BCUT2D eigenvalue weighted by Gasteiger charge is 2.21. The van der Waals surface area contributed by atoms with Crippen molar-refractivity contribution in [3.05, 3.63) is 17.0 Å². The normalized spacial score (nSPS) is 15.2. The van der Waals surface area contributed by atoms with E-state index in [9.17, 15) is 0 Å². The fraction of sp³-hybridized carbons (Fsp3) is 0.667. The van der Waals surface area contributed by atoms with Crippen molar-refractivity contribution in [1.82, 2.24) is 15.3 Å². The number of nitrogens with zero attached hydrogens (tertiary/aromatic N) is 3. The van der Waals surface area contributed by atoms with Gasteiger partial charge >= 0.3 is 0 Å². The molecule has 0 amide bonds. The standard InChI is InChI=1S/C12H20N4/c1-8-11(7-13-10-5-6-10)9(2)15-12(14-8)16(3)4/h10,13H,5-7H2,1-4H3. The Hall–Kier alpha value is -1.16. The third kappa shape index (κ3) is 2.50. The summed E-state index contributed by atoms with van der Waals surface area (Å²) >= 11 is 0. The van der Waals surface area contributed by atoms with E-state index in [2.05, 4.69) is 29.1 Å². The Bertz CT molecular complexity index is 360. The van der Waals surface area contributed by atoms with Crippen LogP contribution in [0, 0.1) is 13.8 Å². The van der Waals surface area contributed by atoms with Crippen LogP contribution in [0.15, 0.2) is 0 Å². The molecule has 0 radical (unpaired) electrons. The highest BCUT2D eigenvalue weighted by atomic mass is 15.2. The molecule has 0 atom stereocenters. The molecule has 0 spiro atoms. The Morgan fingerprint density at radius 3 is 2.19 bits per heavy atom. The van der Waals surface area contributed by atoms with Gasteiger partial charge in [0.15, 0.2) is 0 Å². The fourth-order valence-corrected chi connectivity index (χ4v) is 1.71. The lowest BCUT2D eigenvalue weighted by molar-refractivity contribution is 0.674. The number of anilines is 1. The smallest absolute Gasteiger partial charge is 0.225 e. The van der Waals surface area contributed by atoms with Gasteiger partial charge in [-0.15, -0.1) is 0 Å². The molecule has 1 aliphatic rings. The molecule has 1 aromatic rings. The van der Waals surface area contributed by atoms with Crippen molar-refractivity contribution in [2.45, 2.75) is 39.3 Å². The quantitative estimate of drug-likeness (QED) is 0.833. The van der Waals surface area contributed by atoms with E-state index in [-0.39, 0.29) is 0 Å². The van der Waals surface area contributed by atoms with Crippen LogP contribution in [0.5, 0.6) is 0 Å². The van der Waals surface area contributed by atoms with Crippen molar-refractivity contribution in [1.29, 1.82) is 0 Å². The van der Waals surface area contributed by atoms with Crippen molar-refractivity contribution in [3.63, 3.8) is 0 Å². The zero-order chi connectivity index (χ0) is 11.7. The van der Waals surface area contributed by atoms with E-state index in [0.717, 1.165) is 29.9 Å². The molecular weight excluding hydrogens is 200 g/mol. The number of aryl methyl sites for hydroxylation is 2. The molecule has 2 rings (SSSR count). The molecule has 0 unspecified atom stereocenters. The van der Waals surface area contributed by atoms with Gasteiger partial charge < -0.3 is 10.2 Å². The molecule has 4 heteroatoms. The fourth-order valence-electron chi connectivity index (χ4n) is 1.71. The minimum atomic E-state index is 0.729. The SMILES string of the molecule is Cc1nc(N(C)C)nc(C)c1CNC1CC1. The van der Waals surface area contributed by atoms with E-state index >= 15 is 0 Å². The molecular formula is C12H20N4. The number of hydrogen-bond donors (Lipinski definition) is 1. The first-order valence-corrected chi connectivity index (χ1v) is 5.82. The maximum absolute atomic E-state index is 4.51. The van der Waals surface area contributed by atoms with Crippen LogP contribution in [0.25, 0.3) is 0 Å². The van der Waals surface area contributed by atoms with Crippen molar-refractivity contribution in [3.8, 4) is 0 Å². The van der Waals surface area contributed by atoms with Crippen LogP contribution in [0.1, 0.15) is 29.8 Å². The van der Waals surface area contributed by atoms with Gasteiger partial charge in [-0.05, 0) is 26.7 Å². The van der Waals surface area contributed by atoms with Crippen LogP contribution in [-0.4, -0.2) is 30.1 Å². The van der Waals surface area contributed by atoms with E-state index in [0.29, 0.717) is 0 Å². The highest BCUT2D eigenvalue weighted by Crippen LogP contribution is 2.21. The topological polar surface area (TPSA) is 41.1 Å². The summed E-state index contributed by atoms with van der Waals surface area (Å²) in [6, 6.07) is 0.729. The molecule has 1 aliphatic carbocycles. The van der Waals surface area contributed by atoms with Crippen LogP contribution < -0.4 is 10.2 Å². The van der Waals surface area contributed by atoms with E-state index in [1.54, 1.807) is 0 Å². The van der Waals surface area contributed by atoms with Crippen LogP contribution >= 0.6 is 0 Å². The van der Waals surface area contributed by atoms with Gasteiger partial charge in [-0.1, -0.05) is 0 Å². The molecule has 0 saturated heterocycles. The summed E-state index contributed by atoms with van der Waals surface area (Å²) in [7, 11) is 3.94. The van der Waals surface area contributed by atoms with Crippen molar-refractivity contribution in [2.24, 2.45) is 0 Å². The van der Waals surface area contributed by atoms with Gasteiger partial charge in [-0.2, -0.15) is 0 Å². The summed E-state index contributed by atoms with van der Waals surface area (Å²) in [5, 5.41) is 3.51. The van der Waals surface area contributed by atoms with Gasteiger partial charge in [0.2, 0.25) is 5.95 Å². The minimum Gasteiger partial charge on any atom is -0.347 e. The third-order valence-electron chi connectivity index (χ3n) is 2.95. The van der Waals surface area contributed by atoms with Crippen LogP contribution in [0.3, 0.4) is 0 Å². The van der Waals surface area contributed by atoms with E-state index in [1.165, 1.54) is 18.4 Å². The molecule has 1 N–H and O–H groups in total. The van der Waals surface area contributed by atoms with E-state index in [1.807, 2.05) is 19.0 Å². The lowest BCUT2D eigenvalue weighted by Gasteiger charge is -2.15. The second-order valence-corrected chi connectivity index (χ2v) is 4.72. The van der Waals surface area contributed by atoms with Gasteiger partial charge in [0.05, 0.1) is 0 Å². The zero-order valence-electron chi connectivity index (χ0n) is 10.5. The van der Waals surface area contributed by atoms with E-state index < -0.39 is 0 Å². The maximum Gasteiger partial charge on any atom is 0.225 e. The Labute approximate surface area is 97.1 Å². The van der Waals surface area contributed by atoms with Gasteiger partial charge in [0.25, 0.3) is 0 Å². The summed E-state index contributed by atoms with van der Waals surface area (Å²) in [4.78, 5) is 11.0. The Kier molecular flexibility index (Phi) is 3.10. The van der Waals surface area contributed by atoms with Crippen LogP contribution in [0.4, 0.5) is 5.95 Å². The Morgan fingerprint density at radius 1 is 1.19 bits per heavy atom. The number of aromatic nitrogens is 2. The van der Waals surface area contributed by atoms with Gasteiger partial charge in [0.1, 0.15) is 0 Å². The lowest BCUT2D eigenvalue weighted by Crippen LogP contribution is -2.20. The molecule has 0 aliphatic heterocycles. The van der Waals surface area contributed by atoms with E-state index in [4.69, 9.17) is 0 Å². The number of nitrogens with one attached hydrogen (secondary N) is 1. The second kappa shape index (κ2) is 4.37. The summed E-state index contributed by atoms with van der Waals surface area (Å²) < 4.78 is 0. The first-order chi connectivity index (χ1) is 7.58. The molecule has 0 aromatic carbocycles. The van der Waals surface area contributed by atoms with Crippen molar-refractivity contribution >= 4 is 5.95 Å². The predicted molar refractivity (Wildman–Crippen MR) is 65.7 cm³/mol. The maximum atomic E-state index is 4.51. The average Bonchev–Trinajstić information content (AvgIpc) is 2.99. The molecule has 1 aromatic heterocycles. The van der Waals surface area contributed by atoms with Gasteiger partial charge in [-0.3, -0.25) is 0 Å². The van der Waals surface area contributed by atoms with Gasteiger partial charge in [0, 0.05) is 43.6 Å². The zero-order valence-corrected chi connectivity index (χ0v) is 10.5. The molecule has 16 heavy (non-hydrogen) atoms. The number of rotatable bonds is 4. The summed E-state index contributed by atoms with van der Waals surface area (Å²) in [5.74, 6) is 0.796. The number of hydrogen-bond acceptors (Lipinski definition) is 4. The molecule has 1 saturated carbocycles.